The van der Waals surface area contributed by atoms with Crippen LogP contribution < -0.4 is 5.43 Å². The number of hydrogen-bond acceptors (Lipinski definition) is 4. The first-order chi connectivity index (χ1) is 12.0. The second kappa shape index (κ2) is 9.89. The van der Waals surface area contributed by atoms with Crippen molar-refractivity contribution in [3.63, 3.8) is 0 Å². The minimum atomic E-state index is 0.632. The second-order valence-corrected chi connectivity index (χ2v) is 7.74. The third-order valence-electron chi connectivity index (χ3n) is 3.33. The molecule has 1 N–H and O–H groups in total. The van der Waals surface area contributed by atoms with Crippen molar-refractivity contribution in [2.45, 2.75) is 13.8 Å². The zero-order chi connectivity index (χ0) is 18.2. The zero-order valence-electron chi connectivity index (χ0n) is 14.1. The molecule has 0 saturated carbocycles. The summed E-state index contributed by atoms with van der Waals surface area (Å²) >= 11 is 8.32. The fourth-order valence-electron chi connectivity index (χ4n) is 1.87. The number of halogens is 2. The fourth-order valence-corrected chi connectivity index (χ4v) is 2.65. The molecule has 0 spiro atoms. The van der Waals surface area contributed by atoms with Gasteiger partial charge in [0.1, 0.15) is 0 Å². The molecule has 0 fully saturated rings. The van der Waals surface area contributed by atoms with Gasteiger partial charge in [-0.3, -0.25) is 5.43 Å². The van der Waals surface area contributed by atoms with E-state index in [0.717, 1.165) is 31.5 Å². The smallest absolute Gasteiger partial charge is 0.203 e. The Hall–Kier alpha value is -1.44. The van der Waals surface area contributed by atoms with Gasteiger partial charge in [0, 0.05) is 8.95 Å². The highest BCUT2D eigenvalue weighted by molar-refractivity contribution is 9.10. The lowest BCUT2D eigenvalue weighted by Crippen LogP contribution is -2.15. The highest BCUT2D eigenvalue weighted by Crippen LogP contribution is 2.12. The Morgan fingerprint density at radius 1 is 0.800 bits per heavy atom. The Bertz CT molecular complexity index is 797. The van der Waals surface area contributed by atoms with E-state index in [9.17, 15) is 0 Å². The first-order valence-electron chi connectivity index (χ1n) is 7.48. The van der Waals surface area contributed by atoms with E-state index >= 15 is 0 Å². The summed E-state index contributed by atoms with van der Waals surface area (Å²) < 4.78 is 2.08. The van der Waals surface area contributed by atoms with Gasteiger partial charge >= 0.3 is 0 Å². The molecule has 0 radical (unpaired) electrons. The summed E-state index contributed by atoms with van der Waals surface area (Å²) in [6, 6.07) is 16.0. The van der Waals surface area contributed by atoms with Crippen LogP contribution in [-0.2, 0) is 0 Å². The largest absolute Gasteiger partial charge is 0.254 e. The van der Waals surface area contributed by atoms with Gasteiger partial charge in [-0.1, -0.05) is 67.9 Å². The van der Waals surface area contributed by atoms with E-state index in [4.69, 9.17) is 0 Å². The standard InChI is InChI=1S/C18H18Br2N4S/c1-12(14-4-8-16(19)9-5-14)21-23-18(25-3)24-22-13(2)15-6-10-17(20)11-7-15/h4-11H,1-3H3,(H,23,24). The third kappa shape index (κ3) is 6.41. The summed E-state index contributed by atoms with van der Waals surface area (Å²) in [4.78, 5) is 0. The topological polar surface area (TPSA) is 49.1 Å². The molecule has 0 aliphatic rings. The van der Waals surface area contributed by atoms with Crippen LogP contribution in [0.4, 0.5) is 0 Å². The Kier molecular flexibility index (Phi) is 7.87. The molecule has 7 heteroatoms. The summed E-state index contributed by atoms with van der Waals surface area (Å²) in [6.07, 6.45) is 1.93. The predicted molar refractivity (Wildman–Crippen MR) is 117 cm³/mol. The van der Waals surface area contributed by atoms with Crippen LogP contribution in [0.5, 0.6) is 0 Å². The highest BCUT2D eigenvalue weighted by atomic mass is 79.9. The predicted octanol–water partition coefficient (Wildman–Crippen LogP) is 5.67. The Labute approximate surface area is 169 Å². The van der Waals surface area contributed by atoms with Gasteiger partial charge in [0.05, 0.1) is 11.4 Å². The van der Waals surface area contributed by atoms with E-state index in [1.54, 1.807) is 0 Å². The minimum Gasteiger partial charge on any atom is -0.254 e. The number of benzene rings is 2. The van der Waals surface area contributed by atoms with Crippen molar-refractivity contribution in [2.24, 2.45) is 15.3 Å². The summed E-state index contributed by atoms with van der Waals surface area (Å²) in [5.74, 6) is 0. The zero-order valence-corrected chi connectivity index (χ0v) is 18.1. The Balaban J connectivity index is 2.09. The SMILES string of the molecule is CSC(=NN=C(C)c1ccc(Br)cc1)NN=C(C)c1ccc(Br)cc1. The average Bonchev–Trinajstić information content (AvgIpc) is 2.62. The van der Waals surface area contributed by atoms with Gasteiger partial charge in [-0.2, -0.15) is 10.2 Å². The second-order valence-electron chi connectivity index (χ2n) is 5.12. The van der Waals surface area contributed by atoms with Crippen LogP contribution in [0.2, 0.25) is 0 Å². The molecule has 0 unspecified atom stereocenters. The molecular formula is C18H18Br2N4S. The van der Waals surface area contributed by atoms with Crippen LogP contribution in [0, 0.1) is 0 Å². The van der Waals surface area contributed by atoms with Crippen LogP contribution in [0.25, 0.3) is 0 Å². The average molecular weight is 482 g/mol. The molecule has 0 bridgehead atoms. The maximum atomic E-state index is 4.38. The maximum absolute atomic E-state index is 4.38. The molecule has 0 atom stereocenters. The van der Waals surface area contributed by atoms with Crippen molar-refractivity contribution in [1.82, 2.24) is 5.43 Å². The minimum absolute atomic E-state index is 0.632. The van der Waals surface area contributed by atoms with Crippen LogP contribution in [0.15, 0.2) is 72.8 Å². The lowest BCUT2D eigenvalue weighted by atomic mass is 10.1. The summed E-state index contributed by atoms with van der Waals surface area (Å²) in [6.45, 7) is 3.88. The summed E-state index contributed by atoms with van der Waals surface area (Å²) in [5, 5.41) is 13.6. The molecule has 0 heterocycles. The quantitative estimate of drug-likeness (QED) is 0.347. The van der Waals surface area contributed by atoms with E-state index < -0.39 is 0 Å². The summed E-state index contributed by atoms with van der Waals surface area (Å²) in [7, 11) is 0. The molecular weight excluding hydrogens is 464 g/mol. The van der Waals surface area contributed by atoms with E-state index in [1.165, 1.54) is 11.8 Å². The molecule has 2 aromatic rings. The van der Waals surface area contributed by atoms with Crippen LogP contribution in [-0.4, -0.2) is 22.8 Å². The molecule has 25 heavy (non-hydrogen) atoms. The molecule has 0 saturated heterocycles. The van der Waals surface area contributed by atoms with Crippen LogP contribution in [0.1, 0.15) is 25.0 Å². The van der Waals surface area contributed by atoms with Crippen molar-refractivity contribution in [3.05, 3.63) is 68.6 Å². The van der Waals surface area contributed by atoms with E-state index in [1.807, 2.05) is 68.6 Å². The van der Waals surface area contributed by atoms with Crippen molar-refractivity contribution in [1.29, 1.82) is 0 Å². The first-order valence-corrected chi connectivity index (χ1v) is 10.3. The van der Waals surface area contributed by atoms with Gasteiger partial charge in [0.2, 0.25) is 5.17 Å². The highest BCUT2D eigenvalue weighted by Gasteiger charge is 2.00. The number of hydrazone groups is 1. The number of nitrogens with zero attached hydrogens (tertiary/aromatic N) is 3. The fraction of sp³-hybridized carbons (Fsp3) is 0.167. The number of hydrogen-bond donors (Lipinski definition) is 1. The van der Waals surface area contributed by atoms with Gasteiger partial charge in [-0.05, 0) is 55.5 Å². The van der Waals surface area contributed by atoms with Crippen LogP contribution in [0.3, 0.4) is 0 Å². The van der Waals surface area contributed by atoms with Gasteiger partial charge in [-0.15, -0.1) is 5.10 Å². The molecule has 0 aromatic heterocycles. The van der Waals surface area contributed by atoms with E-state index in [2.05, 4.69) is 52.6 Å². The lowest BCUT2D eigenvalue weighted by molar-refractivity contribution is 1.02. The number of rotatable bonds is 4. The van der Waals surface area contributed by atoms with Gasteiger partial charge in [0.25, 0.3) is 0 Å². The molecule has 0 aliphatic heterocycles. The number of amidine groups is 1. The Morgan fingerprint density at radius 2 is 1.28 bits per heavy atom. The number of nitrogens with one attached hydrogen (secondary N) is 1. The van der Waals surface area contributed by atoms with Gasteiger partial charge in [-0.25, -0.2) is 0 Å². The molecule has 0 aliphatic carbocycles. The van der Waals surface area contributed by atoms with E-state index in [-0.39, 0.29) is 0 Å². The van der Waals surface area contributed by atoms with E-state index in [0.29, 0.717) is 5.17 Å². The van der Waals surface area contributed by atoms with Crippen molar-refractivity contribution >= 4 is 60.2 Å². The molecule has 2 aromatic carbocycles. The normalized spacial score (nSPS) is 13.1. The summed E-state index contributed by atoms with van der Waals surface area (Å²) in [5.41, 5.74) is 6.77. The molecule has 4 nitrogen and oxygen atoms in total. The lowest BCUT2D eigenvalue weighted by Gasteiger charge is -2.04. The van der Waals surface area contributed by atoms with Crippen LogP contribution >= 0.6 is 43.6 Å². The van der Waals surface area contributed by atoms with Crippen molar-refractivity contribution in [2.75, 3.05) is 6.26 Å². The van der Waals surface area contributed by atoms with Crippen molar-refractivity contribution < 1.29 is 0 Å². The van der Waals surface area contributed by atoms with Crippen molar-refractivity contribution in [3.8, 4) is 0 Å². The monoisotopic (exact) mass is 480 g/mol. The number of thioether (sulfide) groups is 1. The Morgan fingerprint density at radius 3 is 1.76 bits per heavy atom. The molecule has 0 amide bonds. The maximum Gasteiger partial charge on any atom is 0.203 e. The van der Waals surface area contributed by atoms with Gasteiger partial charge < -0.3 is 0 Å². The first kappa shape index (κ1) is 19.9. The molecule has 130 valence electrons. The molecule has 2 rings (SSSR count). The third-order valence-corrected chi connectivity index (χ3v) is 4.94. The van der Waals surface area contributed by atoms with Gasteiger partial charge in [0.15, 0.2) is 0 Å².